The van der Waals surface area contributed by atoms with Gasteiger partial charge in [-0.2, -0.15) is 0 Å². The van der Waals surface area contributed by atoms with Crippen LogP contribution in [0.5, 0.6) is 0 Å². The number of hydrogen-bond donors (Lipinski definition) is 2. The van der Waals surface area contributed by atoms with Gasteiger partial charge < -0.3 is 11.5 Å². The van der Waals surface area contributed by atoms with Gasteiger partial charge in [0, 0.05) is 36.7 Å². The molecule has 4 atom stereocenters. The van der Waals surface area contributed by atoms with Gasteiger partial charge in [0.05, 0.1) is 0 Å². The van der Waals surface area contributed by atoms with Crippen LogP contribution in [-0.2, 0) is 6.42 Å². The van der Waals surface area contributed by atoms with Gasteiger partial charge in [0.25, 0.3) is 0 Å². The predicted molar refractivity (Wildman–Crippen MR) is 99.5 cm³/mol. The zero-order valence-corrected chi connectivity index (χ0v) is 14.8. The lowest BCUT2D eigenvalue weighted by Crippen LogP contribution is -2.38. The van der Waals surface area contributed by atoms with Crippen molar-refractivity contribution in [3.05, 3.63) is 60.2 Å². The third-order valence-electron chi connectivity index (χ3n) is 4.99. The average molecular weight is 326 g/mol. The van der Waals surface area contributed by atoms with Crippen molar-refractivity contribution in [3.63, 3.8) is 0 Å². The van der Waals surface area contributed by atoms with E-state index < -0.39 is 0 Å². The Labute approximate surface area is 145 Å². The molecule has 2 aromatic rings. The Balaban J connectivity index is 2.07. The quantitative estimate of drug-likeness (QED) is 0.742. The first-order chi connectivity index (χ1) is 11.6. The Hall–Kier alpha value is -1.78. The van der Waals surface area contributed by atoms with E-state index >= 15 is 0 Å². The molecule has 0 fully saturated rings. The summed E-state index contributed by atoms with van der Waals surface area (Å²) < 4.78 is 0. The van der Waals surface area contributed by atoms with Crippen LogP contribution < -0.4 is 11.5 Å². The van der Waals surface area contributed by atoms with Crippen LogP contribution in [0, 0.1) is 11.8 Å². The first-order valence-electron chi connectivity index (χ1n) is 8.88. The van der Waals surface area contributed by atoms with Gasteiger partial charge in [-0.1, -0.05) is 26.0 Å². The van der Waals surface area contributed by atoms with Crippen LogP contribution in [0.15, 0.2) is 49.1 Å². The lowest BCUT2D eigenvalue weighted by atomic mass is 9.75. The molecular weight excluding hydrogens is 296 g/mol. The molecule has 0 spiro atoms. The molecule has 0 aliphatic carbocycles. The normalized spacial score (nSPS) is 16.3. The molecule has 4 N–H and O–H groups in total. The first kappa shape index (κ1) is 18.6. The average Bonchev–Trinajstić information content (AvgIpc) is 2.62. The summed E-state index contributed by atoms with van der Waals surface area (Å²) in [5.41, 5.74) is 15.0. The van der Waals surface area contributed by atoms with E-state index in [0.717, 1.165) is 19.3 Å². The van der Waals surface area contributed by atoms with E-state index in [-0.39, 0.29) is 12.0 Å². The highest BCUT2D eigenvalue weighted by Crippen LogP contribution is 2.33. The molecule has 0 bridgehead atoms. The number of rotatable bonds is 9. The molecule has 4 nitrogen and oxygen atoms in total. The highest BCUT2D eigenvalue weighted by Gasteiger charge is 2.29. The van der Waals surface area contributed by atoms with Crippen LogP contribution in [0.25, 0.3) is 0 Å². The van der Waals surface area contributed by atoms with Gasteiger partial charge in [-0.15, -0.1) is 0 Å². The Bertz CT molecular complexity index is 573. The Kier molecular flexibility index (Phi) is 7.35. The van der Waals surface area contributed by atoms with Crippen molar-refractivity contribution in [2.75, 3.05) is 6.54 Å². The maximum Gasteiger partial charge on any atom is 0.0303 e. The Morgan fingerprint density at radius 1 is 0.958 bits per heavy atom. The van der Waals surface area contributed by atoms with Crippen LogP contribution in [-0.4, -0.2) is 22.6 Å². The summed E-state index contributed by atoms with van der Waals surface area (Å²) in [6.45, 7) is 5.19. The third-order valence-corrected chi connectivity index (χ3v) is 4.99. The van der Waals surface area contributed by atoms with Crippen molar-refractivity contribution in [2.24, 2.45) is 23.3 Å². The van der Waals surface area contributed by atoms with Crippen molar-refractivity contribution >= 4 is 0 Å². The second kappa shape index (κ2) is 9.50. The minimum Gasteiger partial charge on any atom is -0.330 e. The zero-order chi connectivity index (χ0) is 17.4. The van der Waals surface area contributed by atoms with Crippen molar-refractivity contribution in [3.8, 4) is 0 Å². The van der Waals surface area contributed by atoms with Gasteiger partial charge in [-0.3, -0.25) is 9.97 Å². The molecule has 0 aliphatic rings. The fraction of sp³-hybridized carbons (Fsp3) is 0.500. The van der Waals surface area contributed by atoms with Gasteiger partial charge in [-0.05, 0) is 60.9 Å². The molecule has 2 aromatic heterocycles. The molecule has 2 rings (SSSR count). The van der Waals surface area contributed by atoms with Crippen LogP contribution in [0.1, 0.15) is 43.7 Å². The van der Waals surface area contributed by atoms with E-state index in [4.69, 9.17) is 11.5 Å². The Morgan fingerprint density at radius 3 is 2.25 bits per heavy atom. The largest absolute Gasteiger partial charge is 0.330 e. The summed E-state index contributed by atoms with van der Waals surface area (Å²) in [5, 5.41) is 0. The molecule has 0 saturated heterocycles. The molecule has 4 unspecified atom stereocenters. The lowest BCUT2D eigenvalue weighted by molar-refractivity contribution is 0.298. The molecule has 2 heterocycles. The van der Waals surface area contributed by atoms with E-state index in [2.05, 4.69) is 35.9 Å². The number of pyridine rings is 2. The summed E-state index contributed by atoms with van der Waals surface area (Å²) in [7, 11) is 0. The Morgan fingerprint density at radius 2 is 1.67 bits per heavy atom. The SMILES string of the molecule is CC(CCc1cccnc1)C(N)C(c1cccnc1)C(C)CCN. The topological polar surface area (TPSA) is 77.8 Å². The van der Waals surface area contributed by atoms with Gasteiger partial charge in [0.2, 0.25) is 0 Å². The van der Waals surface area contributed by atoms with E-state index in [1.807, 2.05) is 36.9 Å². The van der Waals surface area contributed by atoms with E-state index in [1.165, 1.54) is 11.1 Å². The maximum atomic E-state index is 6.70. The molecule has 130 valence electrons. The minimum absolute atomic E-state index is 0.0902. The van der Waals surface area contributed by atoms with E-state index in [9.17, 15) is 0 Å². The van der Waals surface area contributed by atoms with Gasteiger partial charge in [0.1, 0.15) is 0 Å². The zero-order valence-electron chi connectivity index (χ0n) is 14.8. The molecule has 4 heteroatoms. The molecule has 0 aromatic carbocycles. The van der Waals surface area contributed by atoms with Crippen LogP contribution >= 0.6 is 0 Å². The van der Waals surface area contributed by atoms with Gasteiger partial charge in [-0.25, -0.2) is 0 Å². The van der Waals surface area contributed by atoms with E-state index in [1.54, 1.807) is 0 Å². The molecule has 24 heavy (non-hydrogen) atoms. The van der Waals surface area contributed by atoms with Crippen molar-refractivity contribution < 1.29 is 0 Å². The highest BCUT2D eigenvalue weighted by atomic mass is 14.7. The second-order valence-corrected chi connectivity index (χ2v) is 6.82. The monoisotopic (exact) mass is 326 g/mol. The van der Waals surface area contributed by atoms with Gasteiger partial charge >= 0.3 is 0 Å². The number of hydrogen-bond acceptors (Lipinski definition) is 4. The standard InChI is InChI=1S/C20H30N4/c1-15(9-10-21)19(18-6-4-12-24-14-18)20(22)16(2)7-8-17-5-3-11-23-13-17/h3-6,11-16,19-20H,7-10,21-22H2,1-2H3. The molecule has 0 radical (unpaired) electrons. The third kappa shape index (κ3) is 5.11. The van der Waals surface area contributed by atoms with Gasteiger partial charge in [0.15, 0.2) is 0 Å². The summed E-state index contributed by atoms with van der Waals surface area (Å²) in [5.74, 6) is 1.14. The van der Waals surface area contributed by atoms with Crippen molar-refractivity contribution in [1.29, 1.82) is 0 Å². The lowest BCUT2D eigenvalue weighted by Gasteiger charge is -2.33. The molecule has 0 saturated carbocycles. The number of aryl methyl sites for hydroxylation is 1. The first-order valence-corrected chi connectivity index (χ1v) is 8.88. The summed E-state index contributed by atoms with van der Waals surface area (Å²) in [6.07, 6.45) is 10.5. The minimum atomic E-state index is 0.0902. The van der Waals surface area contributed by atoms with Crippen LogP contribution in [0.3, 0.4) is 0 Å². The van der Waals surface area contributed by atoms with Crippen molar-refractivity contribution in [2.45, 2.75) is 45.1 Å². The maximum absolute atomic E-state index is 6.70. The predicted octanol–water partition coefficient (Wildman–Crippen LogP) is 3.14. The molecule has 0 aliphatic heterocycles. The van der Waals surface area contributed by atoms with E-state index in [0.29, 0.717) is 18.4 Å². The summed E-state index contributed by atoms with van der Waals surface area (Å²) >= 11 is 0. The summed E-state index contributed by atoms with van der Waals surface area (Å²) in [4.78, 5) is 8.48. The van der Waals surface area contributed by atoms with Crippen LogP contribution in [0.2, 0.25) is 0 Å². The number of aromatic nitrogens is 2. The molecule has 0 amide bonds. The summed E-state index contributed by atoms with van der Waals surface area (Å²) in [6, 6.07) is 8.33. The fourth-order valence-electron chi connectivity index (χ4n) is 3.43. The fourth-order valence-corrected chi connectivity index (χ4v) is 3.43. The highest BCUT2D eigenvalue weighted by molar-refractivity contribution is 5.18. The van der Waals surface area contributed by atoms with Crippen LogP contribution in [0.4, 0.5) is 0 Å². The van der Waals surface area contributed by atoms with Crippen molar-refractivity contribution in [1.82, 2.24) is 9.97 Å². The smallest absolute Gasteiger partial charge is 0.0303 e. The molecular formula is C20H30N4. The number of nitrogens with two attached hydrogens (primary N) is 2. The second-order valence-electron chi connectivity index (χ2n) is 6.82. The number of nitrogens with zero attached hydrogens (tertiary/aromatic N) is 2.